The van der Waals surface area contributed by atoms with Crippen LogP contribution in [0.1, 0.15) is 50.5 Å². The predicted molar refractivity (Wildman–Crippen MR) is 107 cm³/mol. The third-order valence-corrected chi connectivity index (χ3v) is 6.18. The Hall–Kier alpha value is -2.08. The van der Waals surface area contributed by atoms with Gasteiger partial charge in [0.2, 0.25) is 5.91 Å². The number of carbonyl (C=O) groups excluding carboxylic acids is 2. The highest BCUT2D eigenvalue weighted by Crippen LogP contribution is 2.29. The number of amides is 3. The molecule has 6 nitrogen and oxygen atoms in total. The van der Waals surface area contributed by atoms with Crippen molar-refractivity contribution in [2.24, 2.45) is 11.7 Å². The summed E-state index contributed by atoms with van der Waals surface area (Å²) in [6, 6.07) is 7.67. The number of hydrogen-bond acceptors (Lipinski definition) is 3. The molecule has 0 bridgehead atoms. The van der Waals surface area contributed by atoms with Gasteiger partial charge in [-0.1, -0.05) is 17.7 Å². The maximum Gasteiger partial charge on any atom is 0.319 e. The van der Waals surface area contributed by atoms with Crippen LogP contribution in [0.15, 0.2) is 24.3 Å². The molecule has 1 atom stereocenters. The van der Waals surface area contributed by atoms with Crippen LogP contribution in [0.5, 0.6) is 0 Å². The number of rotatable bonds is 5. The Balaban J connectivity index is 1.42. The van der Waals surface area contributed by atoms with E-state index in [2.05, 4.69) is 10.6 Å². The molecule has 27 heavy (non-hydrogen) atoms. The normalized spacial score (nSPS) is 23.8. The van der Waals surface area contributed by atoms with Crippen molar-refractivity contribution in [2.75, 3.05) is 12.4 Å². The van der Waals surface area contributed by atoms with Gasteiger partial charge in [0.05, 0.1) is 6.04 Å². The van der Waals surface area contributed by atoms with Gasteiger partial charge in [-0.3, -0.25) is 4.79 Å². The van der Waals surface area contributed by atoms with E-state index in [4.69, 9.17) is 5.73 Å². The molecule has 6 heteroatoms. The Morgan fingerprint density at radius 3 is 2.26 bits per heavy atom. The number of nitrogens with two attached hydrogens (primary N) is 1. The van der Waals surface area contributed by atoms with Crippen LogP contribution in [0, 0.1) is 12.8 Å². The zero-order valence-corrected chi connectivity index (χ0v) is 16.4. The molecule has 0 unspecified atom stereocenters. The van der Waals surface area contributed by atoms with E-state index in [1.807, 2.05) is 43.1 Å². The standard InChI is InChI=1S/C21H32N4O2/c1-14-6-10-16(11-7-14)23-21(27)24-17-12-8-15(9-13-17)19(22)20(26)25(2)18-4-3-5-18/h6-7,10-11,15,17-19H,3-5,8-9,12-13,22H2,1-2H3,(H2,23,24,27)/t15?,17?,19-/m0/s1. The largest absolute Gasteiger partial charge is 0.341 e. The summed E-state index contributed by atoms with van der Waals surface area (Å²) < 4.78 is 0. The average Bonchev–Trinajstić information content (AvgIpc) is 2.61. The molecular weight excluding hydrogens is 340 g/mol. The van der Waals surface area contributed by atoms with Gasteiger partial charge in [-0.2, -0.15) is 0 Å². The second-order valence-electron chi connectivity index (χ2n) is 8.14. The van der Waals surface area contributed by atoms with Gasteiger partial charge in [-0.05, 0) is 69.9 Å². The Morgan fingerprint density at radius 2 is 1.70 bits per heavy atom. The Morgan fingerprint density at radius 1 is 1.07 bits per heavy atom. The van der Waals surface area contributed by atoms with Crippen molar-refractivity contribution in [1.29, 1.82) is 0 Å². The van der Waals surface area contributed by atoms with Crippen LogP contribution in [0.25, 0.3) is 0 Å². The molecule has 0 spiro atoms. The highest BCUT2D eigenvalue weighted by Gasteiger charge is 2.34. The molecule has 3 amide bonds. The number of urea groups is 1. The van der Waals surface area contributed by atoms with Crippen molar-refractivity contribution >= 4 is 17.6 Å². The third-order valence-electron chi connectivity index (χ3n) is 6.18. The van der Waals surface area contributed by atoms with Crippen LogP contribution in [0.3, 0.4) is 0 Å². The summed E-state index contributed by atoms with van der Waals surface area (Å²) in [6.07, 6.45) is 6.88. The third kappa shape index (κ3) is 5.01. The molecule has 0 aromatic heterocycles. The molecular formula is C21H32N4O2. The molecule has 2 saturated carbocycles. The fourth-order valence-corrected chi connectivity index (χ4v) is 4.00. The van der Waals surface area contributed by atoms with Crippen LogP contribution < -0.4 is 16.4 Å². The quantitative estimate of drug-likeness (QED) is 0.742. The fourth-order valence-electron chi connectivity index (χ4n) is 4.00. The van der Waals surface area contributed by atoms with Gasteiger partial charge in [0.15, 0.2) is 0 Å². The first-order valence-corrected chi connectivity index (χ1v) is 10.1. The lowest BCUT2D eigenvalue weighted by Gasteiger charge is -2.38. The average molecular weight is 373 g/mol. The SMILES string of the molecule is Cc1ccc(NC(=O)NC2CCC([C@H](N)C(=O)N(C)C3CCC3)CC2)cc1. The molecule has 2 aliphatic carbocycles. The first-order valence-electron chi connectivity index (χ1n) is 10.1. The number of nitrogens with one attached hydrogen (secondary N) is 2. The van der Waals surface area contributed by atoms with Crippen LogP contribution in [0.4, 0.5) is 10.5 Å². The topological polar surface area (TPSA) is 87.5 Å². The van der Waals surface area contributed by atoms with E-state index in [-0.39, 0.29) is 23.9 Å². The van der Waals surface area contributed by atoms with Crippen molar-refractivity contribution in [3.05, 3.63) is 29.8 Å². The summed E-state index contributed by atoms with van der Waals surface area (Å²) in [5, 5.41) is 5.92. The molecule has 2 fully saturated rings. The van der Waals surface area contributed by atoms with Crippen LogP contribution >= 0.6 is 0 Å². The van der Waals surface area contributed by atoms with Crippen LogP contribution in [-0.2, 0) is 4.79 Å². The molecule has 0 heterocycles. The second kappa shape index (κ2) is 8.74. The highest BCUT2D eigenvalue weighted by molar-refractivity contribution is 5.89. The van der Waals surface area contributed by atoms with Gasteiger partial charge < -0.3 is 21.3 Å². The number of carbonyl (C=O) groups is 2. The fraction of sp³-hybridized carbons (Fsp3) is 0.619. The van der Waals surface area contributed by atoms with E-state index in [9.17, 15) is 9.59 Å². The van der Waals surface area contributed by atoms with Gasteiger partial charge in [-0.15, -0.1) is 0 Å². The molecule has 1 aromatic carbocycles. The summed E-state index contributed by atoms with van der Waals surface area (Å²) in [6.45, 7) is 2.02. The number of aryl methyl sites for hydroxylation is 1. The summed E-state index contributed by atoms with van der Waals surface area (Å²) in [5.74, 6) is 0.284. The lowest BCUT2D eigenvalue weighted by Crippen LogP contribution is -2.52. The summed E-state index contributed by atoms with van der Waals surface area (Å²) in [5.41, 5.74) is 8.23. The lowest BCUT2D eigenvalue weighted by molar-refractivity contribution is -0.136. The number of likely N-dealkylation sites (N-methyl/N-ethyl adjacent to an activating group) is 1. The summed E-state index contributed by atoms with van der Waals surface area (Å²) >= 11 is 0. The van der Waals surface area contributed by atoms with Crippen molar-refractivity contribution in [3.63, 3.8) is 0 Å². The Labute approximate surface area is 161 Å². The van der Waals surface area contributed by atoms with E-state index in [1.165, 1.54) is 6.42 Å². The monoisotopic (exact) mass is 372 g/mol. The van der Waals surface area contributed by atoms with E-state index in [1.54, 1.807) is 0 Å². The molecule has 0 radical (unpaired) electrons. The molecule has 3 rings (SSSR count). The van der Waals surface area contributed by atoms with E-state index in [0.717, 1.165) is 49.8 Å². The van der Waals surface area contributed by atoms with E-state index < -0.39 is 6.04 Å². The molecule has 0 aliphatic heterocycles. The minimum Gasteiger partial charge on any atom is -0.341 e. The van der Waals surface area contributed by atoms with Crippen LogP contribution in [-0.4, -0.2) is 42.0 Å². The van der Waals surface area contributed by atoms with E-state index >= 15 is 0 Å². The predicted octanol–water partition coefficient (Wildman–Crippen LogP) is 3.01. The van der Waals surface area contributed by atoms with Gasteiger partial charge >= 0.3 is 6.03 Å². The van der Waals surface area contributed by atoms with Gasteiger partial charge in [0.1, 0.15) is 0 Å². The minimum atomic E-state index is -0.419. The molecule has 1 aromatic rings. The molecule has 0 saturated heterocycles. The summed E-state index contributed by atoms with van der Waals surface area (Å²) in [4.78, 5) is 26.6. The van der Waals surface area contributed by atoms with Gasteiger partial charge in [0.25, 0.3) is 0 Å². The number of benzene rings is 1. The second-order valence-corrected chi connectivity index (χ2v) is 8.14. The number of hydrogen-bond donors (Lipinski definition) is 3. The Bertz CT molecular complexity index is 649. The van der Waals surface area contributed by atoms with E-state index in [0.29, 0.717) is 6.04 Å². The maximum absolute atomic E-state index is 12.6. The van der Waals surface area contributed by atoms with Crippen molar-refractivity contribution in [1.82, 2.24) is 10.2 Å². The van der Waals surface area contributed by atoms with Crippen molar-refractivity contribution < 1.29 is 9.59 Å². The number of nitrogens with zero attached hydrogens (tertiary/aromatic N) is 1. The van der Waals surface area contributed by atoms with Crippen molar-refractivity contribution in [3.8, 4) is 0 Å². The van der Waals surface area contributed by atoms with Crippen LogP contribution in [0.2, 0.25) is 0 Å². The summed E-state index contributed by atoms with van der Waals surface area (Å²) in [7, 11) is 1.88. The number of anilines is 1. The van der Waals surface area contributed by atoms with Gasteiger partial charge in [-0.25, -0.2) is 4.79 Å². The van der Waals surface area contributed by atoms with Crippen molar-refractivity contribution in [2.45, 2.75) is 70.0 Å². The first-order chi connectivity index (χ1) is 12.9. The zero-order chi connectivity index (χ0) is 19.4. The lowest BCUT2D eigenvalue weighted by atomic mass is 9.81. The molecule has 2 aliphatic rings. The highest BCUT2D eigenvalue weighted by atomic mass is 16.2. The Kier molecular flexibility index (Phi) is 6.37. The maximum atomic E-state index is 12.6. The first kappa shape index (κ1) is 19.7. The van der Waals surface area contributed by atoms with Gasteiger partial charge in [0, 0.05) is 24.8 Å². The molecule has 148 valence electrons. The molecule has 4 N–H and O–H groups in total. The smallest absolute Gasteiger partial charge is 0.319 e. The zero-order valence-electron chi connectivity index (χ0n) is 16.4. The minimum absolute atomic E-state index is 0.0771.